The summed E-state index contributed by atoms with van der Waals surface area (Å²) in [4.78, 5) is 30.0. The number of carbonyl (C=O) groups excluding carboxylic acids is 1. The van der Waals surface area contributed by atoms with Gasteiger partial charge in [-0.25, -0.2) is 15.0 Å². The molecule has 7 heteroatoms. The van der Waals surface area contributed by atoms with Gasteiger partial charge in [0.1, 0.15) is 22.8 Å². The molecule has 1 aliphatic rings. The number of anilines is 2. The third-order valence-electron chi connectivity index (χ3n) is 5.00. The molecule has 4 rings (SSSR count). The number of fused-ring (bicyclic) bond motifs is 3. The molecule has 0 saturated heterocycles. The Balaban J connectivity index is 1.57. The summed E-state index contributed by atoms with van der Waals surface area (Å²) in [5.41, 5.74) is 2.43. The molecule has 0 saturated carbocycles. The van der Waals surface area contributed by atoms with Crippen LogP contribution in [0.3, 0.4) is 0 Å². The number of rotatable bonds is 4. The number of pyridine rings is 1. The lowest BCUT2D eigenvalue weighted by Gasteiger charge is -2.21. The van der Waals surface area contributed by atoms with Crippen LogP contribution in [-0.2, 0) is 17.6 Å². The number of aromatic nitrogens is 3. The molecule has 0 aromatic carbocycles. The number of likely N-dealkylation sites (N-methyl/N-ethyl adjacent to an activating group) is 1. The van der Waals surface area contributed by atoms with Crippen LogP contribution in [0, 0.1) is 12.8 Å². The second-order valence-electron chi connectivity index (χ2n) is 7.35. The second kappa shape index (κ2) is 7.23. The van der Waals surface area contributed by atoms with Crippen LogP contribution in [0.15, 0.2) is 24.7 Å². The first-order valence-electron chi connectivity index (χ1n) is 9.20. The van der Waals surface area contributed by atoms with Gasteiger partial charge in [0.2, 0.25) is 5.91 Å². The Morgan fingerprint density at radius 2 is 2.22 bits per heavy atom. The van der Waals surface area contributed by atoms with E-state index in [1.165, 1.54) is 16.9 Å². The van der Waals surface area contributed by atoms with Crippen molar-refractivity contribution in [2.45, 2.75) is 33.1 Å². The highest BCUT2D eigenvalue weighted by Gasteiger charge is 2.24. The molecule has 0 aliphatic heterocycles. The zero-order valence-electron chi connectivity index (χ0n) is 15.8. The maximum Gasteiger partial charge on any atom is 0.245 e. The van der Waals surface area contributed by atoms with Gasteiger partial charge in [-0.15, -0.1) is 11.3 Å². The van der Waals surface area contributed by atoms with E-state index in [0.29, 0.717) is 11.7 Å². The van der Waals surface area contributed by atoms with E-state index in [9.17, 15) is 4.79 Å². The first-order chi connectivity index (χ1) is 13.0. The van der Waals surface area contributed by atoms with E-state index >= 15 is 0 Å². The van der Waals surface area contributed by atoms with Gasteiger partial charge < -0.3 is 10.2 Å². The molecule has 1 amide bonds. The van der Waals surface area contributed by atoms with Gasteiger partial charge in [-0.1, -0.05) is 6.92 Å². The highest BCUT2D eigenvalue weighted by Crippen LogP contribution is 2.40. The molecule has 0 spiro atoms. The number of amides is 1. The lowest BCUT2D eigenvalue weighted by molar-refractivity contribution is -0.114. The van der Waals surface area contributed by atoms with Crippen LogP contribution >= 0.6 is 11.3 Å². The predicted molar refractivity (Wildman–Crippen MR) is 109 cm³/mol. The van der Waals surface area contributed by atoms with Gasteiger partial charge in [0, 0.05) is 18.1 Å². The Labute approximate surface area is 162 Å². The fourth-order valence-electron chi connectivity index (χ4n) is 3.63. The van der Waals surface area contributed by atoms with Crippen molar-refractivity contribution in [3.05, 3.63) is 40.7 Å². The molecule has 0 radical (unpaired) electrons. The molecule has 140 valence electrons. The summed E-state index contributed by atoms with van der Waals surface area (Å²) in [5.74, 6) is 2.01. The SMILES string of the molecule is Cc1ccnc(NC(=O)CN(C)c2ncnc3sc4c(c23)CC[C@H](C)C4)c1. The average molecular weight is 382 g/mol. The fraction of sp³-hybridized carbons (Fsp3) is 0.400. The maximum absolute atomic E-state index is 12.5. The summed E-state index contributed by atoms with van der Waals surface area (Å²) in [6.07, 6.45) is 6.65. The molecule has 3 heterocycles. The van der Waals surface area contributed by atoms with Crippen LogP contribution in [0.4, 0.5) is 11.6 Å². The molecule has 1 N–H and O–H groups in total. The number of aryl methyl sites for hydroxylation is 2. The molecule has 0 bridgehead atoms. The van der Waals surface area contributed by atoms with Gasteiger partial charge >= 0.3 is 0 Å². The van der Waals surface area contributed by atoms with Crippen LogP contribution in [0.25, 0.3) is 10.2 Å². The molecule has 27 heavy (non-hydrogen) atoms. The van der Waals surface area contributed by atoms with Gasteiger partial charge in [0.05, 0.1) is 11.9 Å². The summed E-state index contributed by atoms with van der Waals surface area (Å²) in [7, 11) is 1.90. The van der Waals surface area contributed by atoms with E-state index in [-0.39, 0.29) is 12.5 Å². The highest BCUT2D eigenvalue weighted by atomic mass is 32.1. The lowest BCUT2D eigenvalue weighted by Crippen LogP contribution is -2.31. The minimum Gasteiger partial charge on any atom is -0.350 e. The number of thiophene rings is 1. The largest absolute Gasteiger partial charge is 0.350 e. The van der Waals surface area contributed by atoms with E-state index in [1.807, 2.05) is 31.0 Å². The molecule has 6 nitrogen and oxygen atoms in total. The van der Waals surface area contributed by atoms with Crippen LogP contribution in [0.5, 0.6) is 0 Å². The van der Waals surface area contributed by atoms with Crippen LogP contribution in [-0.4, -0.2) is 34.5 Å². The van der Waals surface area contributed by atoms with Gasteiger partial charge in [0.25, 0.3) is 0 Å². The molecule has 1 aliphatic carbocycles. The van der Waals surface area contributed by atoms with Crippen molar-refractivity contribution in [1.82, 2.24) is 15.0 Å². The van der Waals surface area contributed by atoms with Crippen molar-refractivity contribution in [3.8, 4) is 0 Å². The first-order valence-corrected chi connectivity index (χ1v) is 10.0. The van der Waals surface area contributed by atoms with Crippen molar-refractivity contribution in [1.29, 1.82) is 0 Å². The van der Waals surface area contributed by atoms with E-state index in [1.54, 1.807) is 23.9 Å². The highest BCUT2D eigenvalue weighted by molar-refractivity contribution is 7.19. The zero-order chi connectivity index (χ0) is 19.0. The topological polar surface area (TPSA) is 71.0 Å². The van der Waals surface area contributed by atoms with Crippen LogP contribution < -0.4 is 10.2 Å². The first kappa shape index (κ1) is 17.9. The van der Waals surface area contributed by atoms with Crippen molar-refractivity contribution < 1.29 is 4.79 Å². The third-order valence-corrected chi connectivity index (χ3v) is 6.16. The van der Waals surface area contributed by atoms with Crippen molar-refractivity contribution in [2.24, 2.45) is 5.92 Å². The standard InChI is InChI=1S/C20H23N5OS/c1-12-4-5-14-15(8-12)27-20-18(14)19(22-11-23-20)25(3)10-17(26)24-16-9-13(2)6-7-21-16/h6-7,9,11-12H,4-5,8,10H2,1-3H3,(H,21,24,26)/t12-/m0/s1. The van der Waals surface area contributed by atoms with Gasteiger partial charge in [-0.2, -0.15) is 0 Å². The van der Waals surface area contributed by atoms with Crippen molar-refractivity contribution in [3.63, 3.8) is 0 Å². The predicted octanol–water partition coefficient (Wildman–Crippen LogP) is 3.59. The van der Waals surface area contributed by atoms with Gasteiger partial charge in [-0.3, -0.25) is 4.79 Å². The van der Waals surface area contributed by atoms with Crippen LogP contribution in [0.1, 0.15) is 29.3 Å². The van der Waals surface area contributed by atoms with E-state index in [2.05, 4.69) is 27.2 Å². The van der Waals surface area contributed by atoms with E-state index in [4.69, 9.17) is 0 Å². The monoisotopic (exact) mass is 381 g/mol. The minimum atomic E-state index is -0.111. The lowest BCUT2D eigenvalue weighted by atomic mass is 9.89. The zero-order valence-corrected chi connectivity index (χ0v) is 16.6. The third kappa shape index (κ3) is 3.64. The Morgan fingerprint density at radius 3 is 3.04 bits per heavy atom. The molecular formula is C20H23N5OS. The molecule has 0 fully saturated rings. The summed E-state index contributed by atoms with van der Waals surface area (Å²) in [6.45, 7) is 4.49. The van der Waals surface area contributed by atoms with E-state index in [0.717, 1.165) is 34.4 Å². The number of nitrogens with one attached hydrogen (secondary N) is 1. The van der Waals surface area contributed by atoms with Crippen molar-refractivity contribution in [2.75, 3.05) is 23.8 Å². The summed E-state index contributed by atoms with van der Waals surface area (Å²) < 4.78 is 0. The minimum absolute atomic E-state index is 0.111. The quantitative estimate of drug-likeness (QED) is 0.748. The molecule has 1 atom stereocenters. The average Bonchev–Trinajstić information content (AvgIpc) is 2.98. The number of carbonyl (C=O) groups is 1. The normalized spacial score (nSPS) is 16.2. The Bertz CT molecular complexity index is 999. The Morgan fingerprint density at radius 1 is 1.37 bits per heavy atom. The second-order valence-corrected chi connectivity index (χ2v) is 8.44. The number of hydrogen-bond acceptors (Lipinski definition) is 6. The summed E-state index contributed by atoms with van der Waals surface area (Å²) in [5, 5.41) is 3.98. The van der Waals surface area contributed by atoms with Gasteiger partial charge in [-0.05, 0) is 55.4 Å². The fourth-order valence-corrected chi connectivity index (χ4v) is 4.97. The Kier molecular flexibility index (Phi) is 4.78. The number of nitrogens with zero attached hydrogens (tertiary/aromatic N) is 4. The molecule has 0 unspecified atom stereocenters. The summed E-state index contributed by atoms with van der Waals surface area (Å²) in [6, 6.07) is 3.76. The molecule has 3 aromatic heterocycles. The summed E-state index contributed by atoms with van der Waals surface area (Å²) >= 11 is 1.77. The van der Waals surface area contributed by atoms with Gasteiger partial charge in [0.15, 0.2) is 0 Å². The Hall–Kier alpha value is -2.54. The van der Waals surface area contributed by atoms with Crippen LogP contribution in [0.2, 0.25) is 0 Å². The smallest absolute Gasteiger partial charge is 0.245 e. The maximum atomic E-state index is 12.5. The molecule has 3 aromatic rings. The van der Waals surface area contributed by atoms with E-state index < -0.39 is 0 Å². The molecular weight excluding hydrogens is 358 g/mol. The number of hydrogen-bond donors (Lipinski definition) is 1. The van der Waals surface area contributed by atoms with Crippen molar-refractivity contribution >= 4 is 39.1 Å².